The van der Waals surface area contributed by atoms with Crippen molar-refractivity contribution < 1.29 is 14.6 Å². The molecule has 0 aromatic carbocycles. The van der Waals surface area contributed by atoms with E-state index in [1.807, 2.05) is 20.8 Å². The van der Waals surface area contributed by atoms with Crippen LogP contribution in [0.15, 0.2) is 0 Å². The van der Waals surface area contributed by atoms with Crippen molar-refractivity contribution in [1.82, 2.24) is 4.90 Å². The monoisotopic (exact) mass is 241 g/mol. The second-order valence-electron chi connectivity index (χ2n) is 6.84. The fourth-order valence-electron chi connectivity index (χ4n) is 3.18. The molecule has 1 N–H and O–H groups in total. The smallest absolute Gasteiger partial charge is 0.410 e. The van der Waals surface area contributed by atoms with Crippen molar-refractivity contribution >= 4 is 6.09 Å². The average Bonchev–Trinajstić information content (AvgIpc) is 2.59. The van der Waals surface area contributed by atoms with Gasteiger partial charge in [-0.05, 0) is 38.0 Å². The molecule has 1 aliphatic heterocycles. The first-order valence-electron chi connectivity index (χ1n) is 6.29. The highest BCUT2D eigenvalue weighted by Crippen LogP contribution is 2.64. The highest BCUT2D eigenvalue weighted by atomic mass is 16.6. The fraction of sp³-hybridized carbons (Fsp3) is 0.923. The highest BCUT2D eigenvalue weighted by Gasteiger charge is 2.67. The van der Waals surface area contributed by atoms with E-state index in [9.17, 15) is 9.90 Å². The summed E-state index contributed by atoms with van der Waals surface area (Å²) in [6.45, 7) is 10.7. The van der Waals surface area contributed by atoms with Gasteiger partial charge >= 0.3 is 6.09 Å². The summed E-state index contributed by atoms with van der Waals surface area (Å²) in [7, 11) is 0. The van der Waals surface area contributed by atoms with Crippen molar-refractivity contribution in [2.24, 2.45) is 17.3 Å². The maximum atomic E-state index is 12.0. The minimum atomic E-state index is -0.473. The largest absolute Gasteiger partial charge is 0.444 e. The number of hydrogen-bond donors (Lipinski definition) is 1. The van der Waals surface area contributed by atoms with Crippen LogP contribution in [0.2, 0.25) is 0 Å². The van der Waals surface area contributed by atoms with Crippen LogP contribution in [0, 0.1) is 17.3 Å². The van der Waals surface area contributed by atoms with Crippen LogP contribution in [0.4, 0.5) is 4.79 Å². The number of aliphatic hydroxyl groups excluding tert-OH is 1. The van der Waals surface area contributed by atoms with Crippen LogP contribution >= 0.6 is 0 Å². The first-order valence-corrected chi connectivity index (χ1v) is 6.29. The predicted molar refractivity (Wildman–Crippen MR) is 64.6 cm³/mol. The number of likely N-dealkylation sites (tertiary alicyclic amines) is 1. The third kappa shape index (κ3) is 2.03. The first kappa shape index (κ1) is 12.7. The zero-order chi connectivity index (χ0) is 13.0. The van der Waals surface area contributed by atoms with Crippen LogP contribution in [0.25, 0.3) is 0 Å². The van der Waals surface area contributed by atoms with Gasteiger partial charge in [-0.25, -0.2) is 4.79 Å². The lowest BCUT2D eigenvalue weighted by Gasteiger charge is -2.31. The van der Waals surface area contributed by atoms with Crippen LogP contribution in [0.3, 0.4) is 0 Å². The van der Waals surface area contributed by atoms with E-state index in [0.717, 1.165) is 6.54 Å². The molecule has 0 radical (unpaired) electrons. The van der Waals surface area contributed by atoms with Gasteiger partial charge in [0.1, 0.15) is 5.60 Å². The van der Waals surface area contributed by atoms with E-state index < -0.39 is 5.60 Å². The summed E-state index contributed by atoms with van der Waals surface area (Å²) in [4.78, 5) is 13.7. The molecule has 1 heterocycles. The van der Waals surface area contributed by atoms with Crippen molar-refractivity contribution in [2.75, 3.05) is 13.2 Å². The predicted octanol–water partition coefficient (Wildman–Crippen LogP) is 1.87. The molecule has 98 valence electrons. The number of carbonyl (C=O) groups is 1. The molecule has 0 spiro atoms. The molecule has 1 saturated carbocycles. The molecule has 2 rings (SSSR count). The average molecular weight is 241 g/mol. The van der Waals surface area contributed by atoms with E-state index in [2.05, 4.69) is 13.8 Å². The molecule has 4 nitrogen and oxygen atoms in total. The maximum absolute atomic E-state index is 12.0. The van der Waals surface area contributed by atoms with Crippen LogP contribution in [-0.2, 0) is 4.74 Å². The lowest BCUT2D eigenvalue weighted by atomic mass is 10.0. The Morgan fingerprint density at radius 3 is 2.53 bits per heavy atom. The second kappa shape index (κ2) is 3.61. The molecule has 4 heteroatoms. The number of fused-ring (bicyclic) bond motifs is 1. The summed E-state index contributed by atoms with van der Waals surface area (Å²) in [5, 5.41) is 9.46. The zero-order valence-electron chi connectivity index (χ0n) is 11.4. The van der Waals surface area contributed by atoms with Crippen molar-refractivity contribution in [3.8, 4) is 0 Å². The Morgan fingerprint density at radius 2 is 2.06 bits per heavy atom. The Bertz CT molecular complexity index is 332. The van der Waals surface area contributed by atoms with Gasteiger partial charge in [0.25, 0.3) is 0 Å². The van der Waals surface area contributed by atoms with E-state index in [1.54, 1.807) is 4.90 Å². The Kier molecular flexibility index (Phi) is 2.69. The molecule has 2 unspecified atom stereocenters. The molecule has 0 aromatic heterocycles. The number of rotatable bonds is 1. The summed E-state index contributed by atoms with van der Waals surface area (Å²) >= 11 is 0. The van der Waals surface area contributed by atoms with Gasteiger partial charge in [-0.15, -0.1) is 0 Å². The molecule has 2 aliphatic rings. The molecule has 17 heavy (non-hydrogen) atoms. The first-order chi connectivity index (χ1) is 7.68. The molecule has 1 saturated heterocycles. The quantitative estimate of drug-likeness (QED) is 0.762. The van der Waals surface area contributed by atoms with E-state index >= 15 is 0 Å². The lowest BCUT2D eigenvalue weighted by Crippen LogP contribution is -2.45. The number of amides is 1. The van der Waals surface area contributed by atoms with E-state index in [0.29, 0.717) is 11.8 Å². The van der Waals surface area contributed by atoms with Gasteiger partial charge in [-0.3, -0.25) is 0 Å². The number of nitrogens with zero attached hydrogens (tertiary/aromatic N) is 1. The third-order valence-corrected chi connectivity index (χ3v) is 4.16. The summed E-state index contributed by atoms with van der Waals surface area (Å²) in [5.74, 6) is 0.951. The lowest BCUT2D eigenvalue weighted by molar-refractivity contribution is 0.00960. The summed E-state index contributed by atoms with van der Waals surface area (Å²) < 4.78 is 5.37. The topological polar surface area (TPSA) is 49.8 Å². The Hall–Kier alpha value is -0.770. The summed E-state index contributed by atoms with van der Waals surface area (Å²) in [6.07, 6.45) is -0.292. The number of piperidine rings is 1. The van der Waals surface area contributed by atoms with Gasteiger partial charge in [0.15, 0.2) is 0 Å². The van der Waals surface area contributed by atoms with Crippen LogP contribution in [0.1, 0.15) is 34.6 Å². The van der Waals surface area contributed by atoms with E-state index in [1.165, 1.54) is 0 Å². The second-order valence-corrected chi connectivity index (χ2v) is 6.84. The van der Waals surface area contributed by atoms with Gasteiger partial charge in [0.05, 0.1) is 12.6 Å². The normalized spacial score (nSPS) is 34.5. The Balaban J connectivity index is 2.03. The van der Waals surface area contributed by atoms with Crippen molar-refractivity contribution in [2.45, 2.75) is 46.3 Å². The fourth-order valence-corrected chi connectivity index (χ4v) is 3.18. The number of ether oxygens (including phenoxy) is 1. The standard InChI is InChI=1S/C13H23NO3/c1-12(2,3)17-11(16)14-6-8-10(9(14)7-15)13(8,4)5/h8-10,15H,6-7H2,1-5H3/t8?,9-,10?/m1/s1. The SMILES string of the molecule is CC(C)(C)OC(=O)N1CC2C([C@H]1CO)C2(C)C. The molecule has 3 atom stereocenters. The van der Waals surface area contributed by atoms with Gasteiger partial charge in [0, 0.05) is 6.54 Å². The van der Waals surface area contributed by atoms with Crippen molar-refractivity contribution in [1.29, 1.82) is 0 Å². The molecular formula is C13H23NO3. The third-order valence-electron chi connectivity index (χ3n) is 4.16. The minimum absolute atomic E-state index is 0.0316. The molecular weight excluding hydrogens is 218 g/mol. The van der Waals surface area contributed by atoms with E-state index in [-0.39, 0.29) is 24.2 Å². The Morgan fingerprint density at radius 1 is 1.47 bits per heavy atom. The van der Waals surface area contributed by atoms with Crippen LogP contribution in [0.5, 0.6) is 0 Å². The molecule has 0 bridgehead atoms. The van der Waals surface area contributed by atoms with E-state index in [4.69, 9.17) is 4.74 Å². The number of aliphatic hydroxyl groups is 1. The van der Waals surface area contributed by atoms with Gasteiger partial charge in [-0.2, -0.15) is 0 Å². The van der Waals surface area contributed by atoms with Crippen molar-refractivity contribution in [3.63, 3.8) is 0 Å². The van der Waals surface area contributed by atoms with Gasteiger partial charge in [0.2, 0.25) is 0 Å². The number of carbonyl (C=O) groups excluding carboxylic acids is 1. The summed E-state index contributed by atoms with van der Waals surface area (Å²) in [5.41, 5.74) is -0.203. The number of hydrogen-bond acceptors (Lipinski definition) is 3. The van der Waals surface area contributed by atoms with Crippen LogP contribution < -0.4 is 0 Å². The van der Waals surface area contributed by atoms with Gasteiger partial charge in [-0.1, -0.05) is 13.8 Å². The molecule has 0 aromatic rings. The molecule has 2 fully saturated rings. The van der Waals surface area contributed by atoms with Crippen LogP contribution in [-0.4, -0.2) is 40.9 Å². The maximum Gasteiger partial charge on any atom is 0.410 e. The molecule has 1 amide bonds. The summed E-state index contributed by atoms with van der Waals surface area (Å²) in [6, 6.07) is -0.0650. The zero-order valence-corrected chi connectivity index (χ0v) is 11.4. The van der Waals surface area contributed by atoms with Crippen molar-refractivity contribution in [3.05, 3.63) is 0 Å². The highest BCUT2D eigenvalue weighted by molar-refractivity contribution is 5.69. The minimum Gasteiger partial charge on any atom is -0.444 e. The Labute approximate surface area is 103 Å². The van der Waals surface area contributed by atoms with Gasteiger partial charge < -0.3 is 14.7 Å². The molecule has 1 aliphatic carbocycles.